The van der Waals surface area contributed by atoms with Gasteiger partial charge in [-0.15, -0.1) is 0 Å². The van der Waals surface area contributed by atoms with Gasteiger partial charge in [0.05, 0.1) is 50.0 Å². The van der Waals surface area contributed by atoms with Gasteiger partial charge in [0.2, 0.25) is 0 Å². The van der Waals surface area contributed by atoms with Crippen molar-refractivity contribution in [2.24, 2.45) is 0 Å². The third kappa shape index (κ3) is 6.30. The molecule has 6 nitrogen and oxygen atoms in total. The van der Waals surface area contributed by atoms with Gasteiger partial charge >= 0.3 is 0 Å². The first-order valence-corrected chi connectivity index (χ1v) is 23.3. The van der Waals surface area contributed by atoms with Gasteiger partial charge in [-0.3, -0.25) is 14.1 Å². The van der Waals surface area contributed by atoms with E-state index in [1.54, 1.807) is 0 Å². The van der Waals surface area contributed by atoms with Crippen LogP contribution < -0.4 is 0 Å². The van der Waals surface area contributed by atoms with Crippen LogP contribution in [0.5, 0.6) is 0 Å². The minimum atomic E-state index is 0.861. The van der Waals surface area contributed by atoms with Gasteiger partial charge in [-0.05, 0) is 113 Å². The number of aromatic nitrogens is 6. The van der Waals surface area contributed by atoms with Gasteiger partial charge in [-0.2, -0.15) is 0 Å². The van der Waals surface area contributed by atoms with E-state index in [0.29, 0.717) is 0 Å². The number of rotatable bonds is 7. The van der Waals surface area contributed by atoms with Crippen molar-refractivity contribution in [3.8, 4) is 62.1 Å². The fourth-order valence-electron chi connectivity index (χ4n) is 10.5. The van der Waals surface area contributed by atoms with Crippen molar-refractivity contribution in [3.05, 3.63) is 243 Å². The van der Waals surface area contributed by atoms with Crippen LogP contribution in [0.4, 0.5) is 0 Å². The third-order valence-electron chi connectivity index (χ3n) is 13.7. The second-order valence-electron chi connectivity index (χ2n) is 17.7. The molecule has 322 valence electrons. The fraction of sp³-hybridized carbons (Fsp3) is 0. The Labute approximate surface area is 397 Å². The highest BCUT2D eigenvalue weighted by Crippen LogP contribution is 2.40. The largest absolute Gasteiger partial charge is 0.308 e. The predicted molar refractivity (Wildman–Crippen MR) is 285 cm³/mol. The maximum Gasteiger partial charge on any atom is 0.138 e. The maximum absolute atomic E-state index is 5.42. The molecule has 0 amide bonds. The Bertz CT molecular complexity index is 4240. The summed E-state index contributed by atoms with van der Waals surface area (Å²) in [6.07, 6.45) is 1.88. The van der Waals surface area contributed by atoms with Crippen molar-refractivity contribution in [2.75, 3.05) is 0 Å². The molecule has 0 N–H and O–H groups in total. The Morgan fingerprint density at radius 3 is 1.61 bits per heavy atom. The predicted octanol–water partition coefficient (Wildman–Crippen LogP) is 15.8. The van der Waals surface area contributed by atoms with Crippen molar-refractivity contribution in [1.29, 1.82) is 0 Å². The molecule has 0 fully saturated rings. The normalized spacial score (nSPS) is 11.8. The standard InChI is InChI=1S/C63H40N6/c1-4-16-41(17-5-1)46-38-54(42-18-6-2-7-19-42)66-62(40-46)68-56-26-13-11-23-49(56)51-36-43(30-33-57(51)68)44-29-32-50-48-22-10-12-25-55(48)69(60(50)39-44)61-28-14-24-53(65-61)45-31-34-58-52(37-45)63-59(27-15-35-64-63)67(58)47-20-8-3-9-21-47/h1-40H. The minimum absolute atomic E-state index is 0.861. The summed E-state index contributed by atoms with van der Waals surface area (Å²) >= 11 is 0. The lowest BCUT2D eigenvalue weighted by Gasteiger charge is -2.13. The number of hydrogen-bond acceptors (Lipinski definition) is 3. The summed E-state index contributed by atoms with van der Waals surface area (Å²) in [7, 11) is 0. The molecule has 0 unspecified atom stereocenters. The monoisotopic (exact) mass is 880 g/mol. The van der Waals surface area contributed by atoms with Crippen LogP contribution in [0.15, 0.2) is 243 Å². The van der Waals surface area contributed by atoms with Crippen molar-refractivity contribution in [2.45, 2.75) is 0 Å². The van der Waals surface area contributed by atoms with Gasteiger partial charge in [0.15, 0.2) is 0 Å². The Balaban J connectivity index is 0.904. The lowest BCUT2D eigenvalue weighted by molar-refractivity contribution is 1.08. The number of benzene rings is 8. The molecule has 0 radical (unpaired) electrons. The van der Waals surface area contributed by atoms with E-state index in [4.69, 9.17) is 15.0 Å². The molecular weight excluding hydrogens is 841 g/mol. The smallest absolute Gasteiger partial charge is 0.138 e. The van der Waals surface area contributed by atoms with E-state index < -0.39 is 0 Å². The van der Waals surface area contributed by atoms with Gasteiger partial charge in [0, 0.05) is 49.9 Å². The summed E-state index contributed by atoms with van der Waals surface area (Å²) in [5.41, 5.74) is 17.2. The summed E-state index contributed by atoms with van der Waals surface area (Å²) < 4.78 is 6.93. The summed E-state index contributed by atoms with van der Waals surface area (Å²) in [5.74, 6) is 1.74. The van der Waals surface area contributed by atoms with Gasteiger partial charge in [-0.1, -0.05) is 146 Å². The number of fused-ring (bicyclic) bond motifs is 9. The molecule has 14 aromatic rings. The Hall–Kier alpha value is -9.39. The number of pyridine rings is 3. The maximum atomic E-state index is 5.42. The van der Waals surface area contributed by atoms with Crippen LogP contribution in [-0.2, 0) is 0 Å². The summed E-state index contributed by atoms with van der Waals surface area (Å²) in [6, 6.07) is 84.1. The lowest BCUT2D eigenvalue weighted by Crippen LogP contribution is -2.00. The SMILES string of the molecule is c1ccc(-c2cc(-c3ccccc3)nc(-n3c4ccccc4c4cc(-c5ccc6c7ccccc7n(-c7cccc(-c8ccc9c(c8)c8ncccc8n9-c8ccccc8)n7)c6c5)ccc43)c2)cc1. The summed E-state index contributed by atoms with van der Waals surface area (Å²) in [4.78, 5) is 15.7. The Morgan fingerprint density at radius 2 is 0.826 bits per heavy atom. The second kappa shape index (κ2) is 15.6. The highest BCUT2D eigenvalue weighted by Gasteiger charge is 2.20. The molecule has 6 heterocycles. The first kappa shape index (κ1) is 38.8. The van der Waals surface area contributed by atoms with Crippen LogP contribution in [0, 0.1) is 0 Å². The van der Waals surface area contributed by atoms with Crippen molar-refractivity contribution in [1.82, 2.24) is 28.7 Å². The van der Waals surface area contributed by atoms with E-state index in [9.17, 15) is 0 Å². The molecule has 0 atom stereocenters. The van der Waals surface area contributed by atoms with Crippen LogP contribution in [0.3, 0.4) is 0 Å². The Morgan fingerprint density at radius 1 is 0.261 bits per heavy atom. The number of para-hydroxylation sites is 3. The molecule has 0 aliphatic carbocycles. The summed E-state index contributed by atoms with van der Waals surface area (Å²) in [5, 5.41) is 5.81. The zero-order valence-corrected chi connectivity index (χ0v) is 37.3. The molecule has 0 aliphatic rings. The molecule has 8 aromatic carbocycles. The average Bonchev–Trinajstić information content (AvgIpc) is 4.06. The molecule has 0 saturated carbocycles. The molecule has 0 bridgehead atoms. The number of nitrogens with zero attached hydrogens (tertiary/aromatic N) is 6. The van der Waals surface area contributed by atoms with Crippen LogP contribution in [0.2, 0.25) is 0 Å². The first-order chi connectivity index (χ1) is 34.2. The van der Waals surface area contributed by atoms with Crippen molar-refractivity contribution >= 4 is 65.5 Å². The molecular formula is C63H40N6. The lowest BCUT2D eigenvalue weighted by atomic mass is 10.0. The zero-order chi connectivity index (χ0) is 45.4. The molecule has 0 spiro atoms. The molecule has 6 aromatic heterocycles. The second-order valence-corrected chi connectivity index (χ2v) is 17.7. The van der Waals surface area contributed by atoms with Crippen LogP contribution in [0.1, 0.15) is 0 Å². The molecule has 0 saturated heterocycles. The minimum Gasteiger partial charge on any atom is -0.308 e. The highest BCUT2D eigenvalue weighted by atomic mass is 15.1. The Kier molecular flexibility index (Phi) is 8.79. The average molecular weight is 881 g/mol. The summed E-state index contributed by atoms with van der Waals surface area (Å²) in [6.45, 7) is 0. The van der Waals surface area contributed by atoms with Crippen LogP contribution in [0.25, 0.3) is 128 Å². The van der Waals surface area contributed by atoms with E-state index >= 15 is 0 Å². The molecule has 14 rings (SSSR count). The van der Waals surface area contributed by atoms with Gasteiger partial charge < -0.3 is 4.57 Å². The van der Waals surface area contributed by atoms with E-state index in [1.165, 1.54) is 21.5 Å². The van der Waals surface area contributed by atoms with Gasteiger partial charge in [0.25, 0.3) is 0 Å². The first-order valence-electron chi connectivity index (χ1n) is 23.3. The van der Waals surface area contributed by atoms with Gasteiger partial charge in [0.1, 0.15) is 11.6 Å². The fourth-order valence-corrected chi connectivity index (χ4v) is 10.5. The topological polar surface area (TPSA) is 53.5 Å². The van der Waals surface area contributed by atoms with Crippen LogP contribution >= 0.6 is 0 Å². The van der Waals surface area contributed by atoms with Crippen molar-refractivity contribution < 1.29 is 0 Å². The molecule has 0 aliphatic heterocycles. The molecule has 69 heavy (non-hydrogen) atoms. The van der Waals surface area contributed by atoms with Crippen molar-refractivity contribution in [3.63, 3.8) is 0 Å². The zero-order valence-electron chi connectivity index (χ0n) is 37.3. The highest BCUT2D eigenvalue weighted by molar-refractivity contribution is 6.13. The van der Waals surface area contributed by atoms with Gasteiger partial charge in [-0.25, -0.2) is 9.97 Å². The third-order valence-corrected chi connectivity index (χ3v) is 13.7. The van der Waals surface area contributed by atoms with E-state index in [-0.39, 0.29) is 0 Å². The van der Waals surface area contributed by atoms with E-state index in [2.05, 4.69) is 244 Å². The quantitative estimate of drug-likeness (QED) is 0.160. The molecule has 6 heteroatoms. The van der Waals surface area contributed by atoms with E-state index in [1.807, 2.05) is 12.3 Å². The van der Waals surface area contributed by atoms with Crippen LogP contribution in [-0.4, -0.2) is 28.7 Å². The number of hydrogen-bond donors (Lipinski definition) is 0. The van der Waals surface area contributed by atoms with E-state index in [0.717, 1.165) is 106 Å².